The van der Waals surface area contributed by atoms with Gasteiger partial charge in [-0.25, -0.2) is 0 Å². The van der Waals surface area contributed by atoms with Crippen molar-refractivity contribution in [3.63, 3.8) is 0 Å². The third-order valence-electron chi connectivity index (χ3n) is 13.4. The summed E-state index contributed by atoms with van der Waals surface area (Å²) in [6, 6.07) is 6.99. The van der Waals surface area contributed by atoms with Crippen LogP contribution in [0.4, 0.5) is 0 Å². The Hall–Kier alpha value is -0.693. The average molecular weight is 603 g/mol. The maximum absolute atomic E-state index is 12.9. The second-order valence-electron chi connectivity index (χ2n) is 16.7. The molecule has 9 atom stereocenters. The van der Waals surface area contributed by atoms with Crippen LogP contribution in [0.15, 0.2) is 29.2 Å². The predicted molar refractivity (Wildman–Crippen MR) is 171 cm³/mol. The van der Waals surface area contributed by atoms with Crippen LogP contribution in [-0.4, -0.2) is 29.4 Å². The number of hydrogen-bond acceptors (Lipinski definition) is 4. The van der Waals surface area contributed by atoms with E-state index in [-0.39, 0.29) is 22.5 Å². The molecule has 2 unspecified atom stereocenters. The lowest BCUT2D eigenvalue weighted by molar-refractivity contribution is -0.128. The maximum Gasteiger partial charge on any atom is 0.296 e. The van der Waals surface area contributed by atoms with Gasteiger partial charge < -0.3 is 4.43 Å². The Morgan fingerprint density at radius 3 is 2.22 bits per heavy atom. The summed E-state index contributed by atoms with van der Waals surface area (Å²) in [5.74, 6) is 3.98. The van der Waals surface area contributed by atoms with E-state index in [1.165, 1.54) is 57.8 Å². The SMILES string of the molecule is Cc1ccc(S(=O)(=O)OC[C@@H](C)[C@H]2CC[C@H]3[C@@H]4CCC5CC(O[Si](C)(C)C(C)(C)C)CC[C@]5(C)[C@H]4CC[C@]23C)cc1. The van der Waals surface area contributed by atoms with Gasteiger partial charge in [0.1, 0.15) is 0 Å². The van der Waals surface area contributed by atoms with Crippen molar-refractivity contribution >= 4 is 18.4 Å². The monoisotopic (exact) mass is 602 g/mol. The molecule has 41 heavy (non-hydrogen) atoms. The molecule has 6 heteroatoms. The van der Waals surface area contributed by atoms with Gasteiger partial charge in [0, 0.05) is 6.10 Å². The molecule has 4 aliphatic rings. The third-order valence-corrected chi connectivity index (χ3v) is 19.3. The lowest BCUT2D eigenvalue weighted by Gasteiger charge is -2.61. The normalized spacial score (nSPS) is 38.6. The second-order valence-corrected chi connectivity index (χ2v) is 23.1. The van der Waals surface area contributed by atoms with Gasteiger partial charge in [-0.1, -0.05) is 59.2 Å². The minimum Gasteiger partial charge on any atom is -0.414 e. The summed E-state index contributed by atoms with van der Waals surface area (Å²) in [5.41, 5.74) is 1.80. The predicted octanol–water partition coefficient (Wildman–Crippen LogP) is 9.39. The molecule has 0 heterocycles. The van der Waals surface area contributed by atoms with Crippen LogP contribution in [0.5, 0.6) is 0 Å². The van der Waals surface area contributed by atoms with Gasteiger partial charge in [-0.2, -0.15) is 8.42 Å². The highest BCUT2D eigenvalue weighted by Gasteiger charge is 2.61. The van der Waals surface area contributed by atoms with Crippen molar-refractivity contribution in [2.45, 2.75) is 135 Å². The first-order valence-electron chi connectivity index (χ1n) is 16.6. The molecule has 0 saturated heterocycles. The van der Waals surface area contributed by atoms with Crippen molar-refractivity contribution in [1.29, 1.82) is 0 Å². The molecule has 4 fully saturated rings. The second kappa shape index (κ2) is 11.0. The molecule has 4 aliphatic carbocycles. The summed E-state index contributed by atoms with van der Waals surface area (Å²) in [4.78, 5) is 0.265. The van der Waals surface area contributed by atoms with Crippen LogP contribution in [-0.2, 0) is 18.7 Å². The molecular formula is C35H58O4SSi. The van der Waals surface area contributed by atoms with Crippen molar-refractivity contribution in [2.24, 2.45) is 46.3 Å². The first-order valence-corrected chi connectivity index (χ1v) is 20.9. The largest absolute Gasteiger partial charge is 0.414 e. The summed E-state index contributed by atoms with van der Waals surface area (Å²) in [6.45, 7) is 21.6. The highest BCUT2D eigenvalue weighted by Crippen LogP contribution is 2.68. The van der Waals surface area contributed by atoms with Gasteiger partial charge >= 0.3 is 0 Å². The molecule has 0 bridgehead atoms. The summed E-state index contributed by atoms with van der Waals surface area (Å²) in [6.07, 6.45) is 12.1. The van der Waals surface area contributed by atoms with Gasteiger partial charge in [0.05, 0.1) is 11.5 Å². The highest BCUT2D eigenvalue weighted by molar-refractivity contribution is 7.86. The van der Waals surface area contributed by atoms with Crippen molar-refractivity contribution in [1.82, 2.24) is 0 Å². The lowest BCUT2D eigenvalue weighted by Crippen LogP contribution is -2.55. The molecule has 0 amide bonds. The Balaban J connectivity index is 1.23. The molecule has 0 aliphatic heterocycles. The van der Waals surface area contributed by atoms with Crippen molar-refractivity contribution in [3.05, 3.63) is 29.8 Å². The topological polar surface area (TPSA) is 52.6 Å². The van der Waals surface area contributed by atoms with Crippen LogP contribution < -0.4 is 0 Å². The number of fused-ring (bicyclic) bond motifs is 5. The minimum absolute atomic E-state index is 0.233. The number of aryl methyl sites for hydroxylation is 1. The quantitative estimate of drug-likeness (QED) is 0.230. The Morgan fingerprint density at radius 2 is 1.56 bits per heavy atom. The summed E-state index contributed by atoms with van der Waals surface area (Å²) in [5, 5.41) is 0.269. The summed E-state index contributed by atoms with van der Waals surface area (Å²) < 4.78 is 38.4. The van der Waals surface area contributed by atoms with E-state index in [1.807, 2.05) is 19.1 Å². The van der Waals surface area contributed by atoms with Gasteiger partial charge in [0.2, 0.25) is 0 Å². The van der Waals surface area contributed by atoms with E-state index >= 15 is 0 Å². The van der Waals surface area contributed by atoms with Crippen LogP contribution in [0.3, 0.4) is 0 Å². The van der Waals surface area contributed by atoms with E-state index in [2.05, 4.69) is 54.6 Å². The minimum atomic E-state index is -3.72. The standard InChI is InChI=1S/C35H58O4SSi/c1-24-10-13-28(14-11-24)40(36,37)38-23-25(2)30-16-17-31-29-15-12-26-22-27(39-41(8,9)33(3,4)5)18-20-34(26,6)32(29)19-21-35(30,31)7/h10-11,13-14,25-27,29-32H,12,15-23H2,1-9H3/t25-,26?,27?,29+,30-,31+,32+,34+,35-/m1/s1. The maximum atomic E-state index is 12.9. The van der Waals surface area contributed by atoms with E-state index in [1.54, 1.807) is 12.1 Å². The number of benzene rings is 1. The smallest absolute Gasteiger partial charge is 0.296 e. The molecule has 1 aromatic carbocycles. The van der Waals surface area contributed by atoms with Gasteiger partial charge in [-0.05, 0) is 141 Å². The molecule has 5 rings (SSSR count). The highest BCUT2D eigenvalue weighted by atomic mass is 32.2. The van der Waals surface area contributed by atoms with Gasteiger partial charge in [0.25, 0.3) is 10.1 Å². The van der Waals surface area contributed by atoms with E-state index in [4.69, 9.17) is 8.61 Å². The fraction of sp³-hybridized carbons (Fsp3) is 0.829. The molecule has 232 valence electrons. The van der Waals surface area contributed by atoms with Crippen molar-refractivity contribution < 1.29 is 17.0 Å². The van der Waals surface area contributed by atoms with Gasteiger partial charge in [-0.15, -0.1) is 0 Å². The Morgan fingerprint density at radius 1 is 0.927 bits per heavy atom. The average Bonchev–Trinajstić information content (AvgIpc) is 3.24. The molecule has 0 N–H and O–H groups in total. The van der Waals surface area contributed by atoms with Crippen molar-refractivity contribution in [2.75, 3.05) is 6.61 Å². The number of rotatable bonds is 7. The molecule has 0 spiro atoms. The molecule has 4 nitrogen and oxygen atoms in total. The zero-order valence-electron chi connectivity index (χ0n) is 27.5. The zero-order valence-corrected chi connectivity index (χ0v) is 29.3. The number of hydrogen-bond donors (Lipinski definition) is 0. The zero-order chi connectivity index (χ0) is 30.0. The van der Waals surface area contributed by atoms with Crippen molar-refractivity contribution in [3.8, 4) is 0 Å². The molecule has 0 aromatic heterocycles. The molecule has 0 radical (unpaired) electrons. The van der Waals surface area contributed by atoms with E-state index < -0.39 is 18.4 Å². The van der Waals surface area contributed by atoms with E-state index in [9.17, 15) is 8.42 Å². The Labute approximate surface area is 253 Å². The van der Waals surface area contributed by atoms with Crippen LogP contribution in [0.1, 0.15) is 105 Å². The Bertz CT molecular complexity index is 1190. The van der Waals surface area contributed by atoms with Crippen LogP contribution in [0.2, 0.25) is 18.1 Å². The van der Waals surface area contributed by atoms with Gasteiger partial charge in [0.15, 0.2) is 8.32 Å². The summed E-state index contributed by atoms with van der Waals surface area (Å²) in [7, 11) is -5.47. The first kappa shape index (κ1) is 31.7. The lowest BCUT2D eigenvalue weighted by atomic mass is 9.44. The van der Waals surface area contributed by atoms with Crippen LogP contribution in [0, 0.1) is 53.3 Å². The molecule has 4 saturated carbocycles. The summed E-state index contributed by atoms with van der Waals surface area (Å²) >= 11 is 0. The van der Waals surface area contributed by atoms with Crippen LogP contribution >= 0.6 is 0 Å². The fourth-order valence-corrected chi connectivity index (χ4v) is 12.4. The van der Waals surface area contributed by atoms with Crippen LogP contribution in [0.25, 0.3) is 0 Å². The van der Waals surface area contributed by atoms with E-state index in [0.717, 1.165) is 29.2 Å². The van der Waals surface area contributed by atoms with Gasteiger partial charge in [-0.3, -0.25) is 4.18 Å². The third kappa shape index (κ3) is 5.78. The molecular weight excluding hydrogens is 545 g/mol. The molecule has 1 aromatic rings. The Kier molecular flexibility index (Phi) is 8.54. The fourth-order valence-electron chi connectivity index (χ4n) is 9.98. The first-order chi connectivity index (χ1) is 19.0. The van der Waals surface area contributed by atoms with E-state index in [0.29, 0.717) is 22.9 Å².